The van der Waals surface area contributed by atoms with Crippen LogP contribution in [-0.4, -0.2) is 22.6 Å². The third kappa shape index (κ3) is 3.50. The van der Waals surface area contributed by atoms with Gasteiger partial charge >= 0.3 is 0 Å². The molecule has 1 atom stereocenters. The molecule has 1 unspecified atom stereocenters. The van der Waals surface area contributed by atoms with Gasteiger partial charge < -0.3 is 9.47 Å². The minimum Gasteiger partial charge on any atom is -0.496 e. The topological polar surface area (TPSA) is 61.8 Å². The summed E-state index contributed by atoms with van der Waals surface area (Å²) in [5, 5.41) is 0. The molecule has 4 rings (SSSR count). The van der Waals surface area contributed by atoms with Crippen molar-refractivity contribution in [3.8, 4) is 22.6 Å². The Labute approximate surface area is 171 Å². The van der Waals surface area contributed by atoms with Crippen LogP contribution in [0.4, 0.5) is 0 Å². The molecule has 0 aromatic heterocycles. The fourth-order valence-electron chi connectivity index (χ4n) is 3.76. The summed E-state index contributed by atoms with van der Waals surface area (Å²) in [4.78, 5) is 0.141. The summed E-state index contributed by atoms with van der Waals surface area (Å²) in [5.74, 6) is 1.51. The van der Waals surface area contributed by atoms with Crippen LogP contribution in [0.3, 0.4) is 0 Å². The number of para-hydroxylation sites is 2. The monoisotopic (exact) mass is 410 g/mol. The first-order chi connectivity index (χ1) is 13.9. The summed E-state index contributed by atoms with van der Waals surface area (Å²) < 4.78 is 41.5. The summed E-state index contributed by atoms with van der Waals surface area (Å²) in [6.07, 6.45) is 0.161. The molecule has 0 N–H and O–H groups in total. The molecule has 150 valence electrons. The molecule has 0 aliphatic carbocycles. The minimum absolute atomic E-state index is 0.141. The molecule has 6 heteroatoms. The van der Waals surface area contributed by atoms with Gasteiger partial charge in [-0.05, 0) is 24.6 Å². The number of aryl methyl sites for hydroxylation is 1. The number of hydrogen-bond donors (Lipinski definition) is 0. The average molecular weight is 410 g/mol. The fourth-order valence-corrected chi connectivity index (χ4v) is 4.65. The number of benzene rings is 3. The van der Waals surface area contributed by atoms with Gasteiger partial charge in [0.25, 0.3) is 10.1 Å². The standard InChI is InChI=1S/C23H22O5S/c1-15-11-12-22(29(24,25)27-3)19(13-15)21-14-16-7-6-9-18(23(16)28-21)17-8-4-5-10-20(17)26-2/h4-13,21H,14H2,1-3H3. The van der Waals surface area contributed by atoms with Crippen molar-refractivity contribution >= 4 is 10.1 Å². The Hall–Kier alpha value is -2.83. The van der Waals surface area contributed by atoms with Crippen molar-refractivity contribution in [3.63, 3.8) is 0 Å². The molecule has 5 nitrogen and oxygen atoms in total. The van der Waals surface area contributed by atoms with E-state index in [9.17, 15) is 8.42 Å². The highest BCUT2D eigenvalue weighted by molar-refractivity contribution is 7.86. The van der Waals surface area contributed by atoms with Crippen LogP contribution in [0, 0.1) is 6.92 Å². The number of fused-ring (bicyclic) bond motifs is 1. The molecule has 1 aliphatic heterocycles. The van der Waals surface area contributed by atoms with Gasteiger partial charge in [-0.3, -0.25) is 4.18 Å². The Morgan fingerprint density at radius 2 is 1.72 bits per heavy atom. The van der Waals surface area contributed by atoms with Crippen molar-refractivity contribution in [1.29, 1.82) is 0 Å². The highest BCUT2D eigenvalue weighted by Gasteiger charge is 2.32. The van der Waals surface area contributed by atoms with E-state index in [-0.39, 0.29) is 4.90 Å². The second kappa shape index (κ2) is 7.54. The summed E-state index contributed by atoms with van der Waals surface area (Å²) in [5.41, 5.74) is 4.45. The number of rotatable bonds is 5. The third-order valence-electron chi connectivity index (χ3n) is 5.16. The zero-order valence-electron chi connectivity index (χ0n) is 16.5. The van der Waals surface area contributed by atoms with E-state index in [0.29, 0.717) is 12.0 Å². The smallest absolute Gasteiger partial charge is 0.297 e. The van der Waals surface area contributed by atoms with Crippen LogP contribution in [0.2, 0.25) is 0 Å². The summed E-state index contributed by atoms with van der Waals surface area (Å²) in [6.45, 7) is 1.93. The second-order valence-corrected chi connectivity index (χ2v) is 8.65. The van der Waals surface area contributed by atoms with E-state index in [1.807, 2.05) is 55.5 Å². The lowest BCUT2D eigenvalue weighted by molar-refractivity contribution is 0.235. The van der Waals surface area contributed by atoms with Gasteiger partial charge in [-0.15, -0.1) is 0 Å². The van der Waals surface area contributed by atoms with Gasteiger partial charge in [-0.1, -0.05) is 54.1 Å². The zero-order chi connectivity index (χ0) is 20.6. The molecular formula is C23H22O5S. The van der Waals surface area contributed by atoms with E-state index in [2.05, 4.69) is 0 Å². The second-order valence-electron chi connectivity index (χ2n) is 6.97. The molecule has 29 heavy (non-hydrogen) atoms. The van der Waals surface area contributed by atoms with Crippen molar-refractivity contribution in [2.45, 2.75) is 24.3 Å². The lowest BCUT2D eigenvalue weighted by Crippen LogP contribution is -2.12. The summed E-state index contributed by atoms with van der Waals surface area (Å²) >= 11 is 0. The van der Waals surface area contributed by atoms with Gasteiger partial charge in [0.2, 0.25) is 0 Å². The Morgan fingerprint density at radius 3 is 2.48 bits per heavy atom. The third-order valence-corrected chi connectivity index (χ3v) is 6.51. The highest BCUT2D eigenvalue weighted by Crippen LogP contribution is 2.46. The number of methoxy groups -OCH3 is 1. The van der Waals surface area contributed by atoms with Crippen LogP contribution in [-0.2, 0) is 20.7 Å². The lowest BCUT2D eigenvalue weighted by atomic mass is 9.98. The SMILES string of the molecule is COc1ccccc1-c1cccc2c1OC(c1cc(C)ccc1S(=O)(=O)OC)C2. The van der Waals surface area contributed by atoms with Crippen LogP contribution in [0.15, 0.2) is 65.6 Å². The lowest BCUT2D eigenvalue weighted by Gasteiger charge is -2.17. The van der Waals surface area contributed by atoms with Crippen LogP contribution < -0.4 is 9.47 Å². The Kier molecular flexibility index (Phi) is 5.06. The molecule has 1 heterocycles. The molecule has 1 aliphatic rings. The first kappa shape index (κ1) is 19.5. The molecule has 0 saturated heterocycles. The fraction of sp³-hybridized carbons (Fsp3) is 0.217. The first-order valence-corrected chi connectivity index (χ1v) is 10.7. The van der Waals surface area contributed by atoms with E-state index in [1.165, 1.54) is 7.11 Å². The number of ether oxygens (including phenoxy) is 2. The van der Waals surface area contributed by atoms with Crippen LogP contribution in [0.5, 0.6) is 11.5 Å². The maximum absolute atomic E-state index is 12.4. The van der Waals surface area contributed by atoms with Crippen LogP contribution >= 0.6 is 0 Å². The van der Waals surface area contributed by atoms with Crippen molar-refractivity contribution < 1.29 is 22.1 Å². The quantitative estimate of drug-likeness (QED) is 0.572. The zero-order valence-corrected chi connectivity index (χ0v) is 17.3. The average Bonchev–Trinajstić information content (AvgIpc) is 3.18. The van der Waals surface area contributed by atoms with E-state index >= 15 is 0 Å². The van der Waals surface area contributed by atoms with Crippen LogP contribution in [0.25, 0.3) is 11.1 Å². The summed E-state index contributed by atoms with van der Waals surface area (Å²) in [7, 11) is -1.03. The van der Waals surface area contributed by atoms with Crippen molar-refractivity contribution in [1.82, 2.24) is 0 Å². The van der Waals surface area contributed by atoms with Gasteiger partial charge in [0.15, 0.2) is 0 Å². The molecule has 3 aromatic carbocycles. The highest BCUT2D eigenvalue weighted by atomic mass is 32.2. The van der Waals surface area contributed by atoms with E-state index in [1.54, 1.807) is 19.2 Å². The number of hydrogen-bond acceptors (Lipinski definition) is 5. The largest absolute Gasteiger partial charge is 0.496 e. The van der Waals surface area contributed by atoms with E-state index in [4.69, 9.17) is 13.7 Å². The molecule has 0 saturated carbocycles. The first-order valence-electron chi connectivity index (χ1n) is 9.27. The molecule has 0 bridgehead atoms. The maximum Gasteiger partial charge on any atom is 0.297 e. The van der Waals surface area contributed by atoms with Crippen molar-refractivity contribution in [2.75, 3.05) is 14.2 Å². The summed E-state index contributed by atoms with van der Waals surface area (Å²) in [6, 6.07) is 18.9. The van der Waals surface area contributed by atoms with E-state index in [0.717, 1.165) is 33.8 Å². The molecule has 0 amide bonds. The Morgan fingerprint density at radius 1 is 0.966 bits per heavy atom. The van der Waals surface area contributed by atoms with Crippen molar-refractivity contribution in [2.24, 2.45) is 0 Å². The molecule has 0 radical (unpaired) electrons. The Bertz CT molecular complexity index is 1170. The van der Waals surface area contributed by atoms with Gasteiger partial charge in [0.05, 0.1) is 14.2 Å². The van der Waals surface area contributed by atoms with Crippen molar-refractivity contribution in [3.05, 3.63) is 77.4 Å². The molecule has 0 fully saturated rings. The molecule has 0 spiro atoms. The van der Waals surface area contributed by atoms with Gasteiger partial charge in [0, 0.05) is 23.1 Å². The van der Waals surface area contributed by atoms with Gasteiger partial charge in [0.1, 0.15) is 22.5 Å². The molecule has 3 aromatic rings. The normalized spacial score (nSPS) is 15.6. The van der Waals surface area contributed by atoms with E-state index < -0.39 is 16.2 Å². The van der Waals surface area contributed by atoms with Gasteiger partial charge in [-0.2, -0.15) is 8.42 Å². The van der Waals surface area contributed by atoms with Crippen LogP contribution in [0.1, 0.15) is 22.8 Å². The molecular weight excluding hydrogens is 388 g/mol. The Balaban J connectivity index is 1.80. The van der Waals surface area contributed by atoms with Gasteiger partial charge in [-0.25, -0.2) is 0 Å². The minimum atomic E-state index is -3.84. The predicted octanol–water partition coefficient (Wildman–Crippen LogP) is 4.68. The maximum atomic E-state index is 12.4. The predicted molar refractivity (Wildman–Crippen MR) is 111 cm³/mol.